The van der Waals surface area contributed by atoms with Crippen molar-refractivity contribution in [1.29, 1.82) is 0 Å². The quantitative estimate of drug-likeness (QED) is 0.773. The average molecular weight is 233 g/mol. The second-order valence-corrected chi connectivity index (χ2v) is 4.56. The lowest BCUT2D eigenvalue weighted by molar-refractivity contribution is 0.0943. The average Bonchev–Trinajstić information content (AvgIpc) is 2.80. The zero-order valence-corrected chi connectivity index (χ0v) is 9.64. The maximum atomic E-state index is 12.1. The largest absolute Gasteiger partial charge is 0.494 e. The van der Waals surface area contributed by atoms with E-state index in [-0.39, 0.29) is 5.91 Å². The number of nitrogens with zero attached hydrogens (tertiary/aromatic N) is 1. The van der Waals surface area contributed by atoms with Crippen LogP contribution in [0, 0.1) is 11.8 Å². The molecule has 0 radical (unpaired) electrons. The molecule has 1 aromatic rings. The zero-order chi connectivity index (χ0) is 11.8. The molecule has 1 amide bonds. The van der Waals surface area contributed by atoms with Crippen LogP contribution in [0.5, 0.6) is 5.75 Å². The summed E-state index contributed by atoms with van der Waals surface area (Å²) >= 11 is 0. The summed E-state index contributed by atoms with van der Waals surface area (Å²) in [5, 5.41) is 6.36. The van der Waals surface area contributed by atoms with Crippen molar-refractivity contribution in [3.8, 4) is 5.75 Å². The van der Waals surface area contributed by atoms with E-state index in [2.05, 4.69) is 15.6 Å². The lowest BCUT2D eigenvalue weighted by Gasteiger charge is -2.10. The SMILES string of the molecule is COc1cnccc1C(=O)NC1C2CNCC21. The Labute approximate surface area is 99.6 Å². The van der Waals surface area contributed by atoms with Crippen molar-refractivity contribution in [2.75, 3.05) is 20.2 Å². The highest BCUT2D eigenvalue weighted by Gasteiger charge is 2.53. The minimum absolute atomic E-state index is 0.0661. The van der Waals surface area contributed by atoms with Crippen LogP contribution in [0.15, 0.2) is 18.5 Å². The van der Waals surface area contributed by atoms with Gasteiger partial charge in [0, 0.05) is 25.3 Å². The number of carbonyl (C=O) groups is 1. The molecule has 2 fully saturated rings. The molecule has 2 aliphatic rings. The Kier molecular flexibility index (Phi) is 2.48. The molecule has 1 aliphatic carbocycles. The van der Waals surface area contributed by atoms with Gasteiger partial charge in [-0.1, -0.05) is 0 Å². The maximum absolute atomic E-state index is 12.1. The van der Waals surface area contributed by atoms with Crippen LogP contribution in [0.25, 0.3) is 0 Å². The fraction of sp³-hybridized carbons (Fsp3) is 0.500. The van der Waals surface area contributed by atoms with Crippen molar-refractivity contribution in [3.05, 3.63) is 24.0 Å². The highest BCUT2D eigenvalue weighted by atomic mass is 16.5. The third-order valence-electron chi connectivity index (χ3n) is 3.64. The third-order valence-corrected chi connectivity index (χ3v) is 3.64. The van der Waals surface area contributed by atoms with Gasteiger partial charge in [0.2, 0.25) is 0 Å². The van der Waals surface area contributed by atoms with Crippen LogP contribution in [0.3, 0.4) is 0 Å². The van der Waals surface area contributed by atoms with E-state index >= 15 is 0 Å². The molecule has 2 N–H and O–H groups in total. The van der Waals surface area contributed by atoms with Crippen molar-refractivity contribution in [2.45, 2.75) is 6.04 Å². The Balaban J connectivity index is 1.70. The number of piperidine rings is 1. The minimum atomic E-state index is -0.0661. The number of fused-ring (bicyclic) bond motifs is 1. The lowest BCUT2D eigenvalue weighted by Crippen LogP contribution is -2.32. The summed E-state index contributed by atoms with van der Waals surface area (Å²) in [6.45, 7) is 2.03. The van der Waals surface area contributed by atoms with Crippen LogP contribution in [0.2, 0.25) is 0 Å². The van der Waals surface area contributed by atoms with E-state index in [0.29, 0.717) is 29.2 Å². The Hall–Kier alpha value is -1.62. The molecule has 2 unspecified atom stereocenters. The highest BCUT2D eigenvalue weighted by molar-refractivity contribution is 5.97. The highest BCUT2D eigenvalue weighted by Crippen LogP contribution is 2.41. The van der Waals surface area contributed by atoms with E-state index in [4.69, 9.17) is 4.74 Å². The van der Waals surface area contributed by atoms with Gasteiger partial charge in [0.1, 0.15) is 5.75 Å². The number of ether oxygens (including phenoxy) is 1. The van der Waals surface area contributed by atoms with Crippen LogP contribution in [0.4, 0.5) is 0 Å². The first-order valence-corrected chi connectivity index (χ1v) is 5.81. The van der Waals surface area contributed by atoms with Crippen molar-refractivity contribution in [3.63, 3.8) is 0 Å². The molecule has 2 heterocycles. The summed E-state index contributed by atoms with van der Waals surface area (Å²) in [4.78, 5) is 16.0. The van der Waals surface area contributed by atoms with Gasteiger partial charge >= 0.3 is 0 Å². The maximum Gasteiger partial charge on any atom is 0.255 e. The van der Waals surface area contributed by atoms with Gasteiger partial charge in [-0.25, -0.2) is 0 Å². The number of rotatable bonds is 3. The third kappa shape index (κ3) is 1.76. The molecule has 2 atom stereocenters. The van der Waals surface area contributed by atoms with Crippen molar-refractivity contribution in [2.24, 2.45) is 11.8 Å². The molecule has 1 aliphatic heterocycles. The second-order valence-electron chi connectivity index (χ2n) is 4.56. The Morgan fingerprint density at radius 3 is 3.00 bits per heavy atom. The fourth-order valence-electron chi connectivity index (χ4n) is 2.59. The van der Waals surface area contributed by atoms with Crippen LogP contribution in [-0.2, 0) is 0 Å². The molecule has 0 bridgehead atoms. The Bertz CT molecular complexity index is 439. The predicted molar refractivity (Wildman–Crippen MR) is 61.9 cm³/mol. The van der Waals surface area contributed by atoms with Crippen molar-refractivity contribution >= 4 is 5.91 Å². The first-order chi connectivity index (χ1) is 8.31. The lowest BCUT2D eigenvalue weighted by atomic mass is 10.2. The van der Waals surface area contributed by atoms with Gasteiger partial charge in [0.25, 0.3) is 5.91 Å². The van der Waals surface area contributed by atoms with Crippen molar-refractivity contribution < 1.29 is 9.53 Å². The fourth-order valence-corrected chi connectivity index (χ4v) is 2.59. The van der Waals surface area contributed by atoms with Crippen LogP contribution < -0.4 is 15.4 Å². The van der Waals surface area contributed by atoms with Gasteiger partial charge in [0.15, 0.2) is 0 Å². The number of aromatic nitrogens is 1. The van der Waals surface area contributed by atoms with E-state index in [9.17, 15) is 4.79 Å². The number of hydrogen-bond acceptors (Lipinski definition) is 4. The monoisotopic (exact) mass is 233 g/mol. The van der Waals surface area contributed by atoms with Crippen LogP contribution >= 0.6 is 0 Å². The van der Waals surface area contributed by atoms with E-state index in [1.165, 1.54) is 0 Å². The molecule has 1 saturated heterocycles. The molecule has 17 heavy (non-hydrogen) atoms. The molecular formula is C12H15N3O2. The zero-order valence-electron chi connectivity index (χ0n) is 9.64. The summed E-state index contributed by atoms with van der Waals surface area (Å²) < 4.78 is 5.13. The summed E-state index contributed by atoms with van der Waals surface area (Å²) in [7, 11) is 1.55. The standard InChI is InChI=1S/C12H15N3O2/c1-17-10-6-13-3-2-7(10)12(16)15-11-8-4-14-5-9(8)11/h2-3,6,8-9,11,14H,4-5H2,1H3,(H,15,16). The molecule has 0 aromatic carbocycles. The van der Waals surface area contributed by atoms with Gasteiger partial charge in [-0.05, 0) is 17.9 Å². The smallest absolute Gasteiger partial charge is 0.255 e. The number of hydrogen-bond donors (Lipinski definition) is 2. The van der Waals surface area contributed by atoms with Crippen LogP contribution in [-0.4, -0.2) is 37.1 Å². The van der Waals surface area contributed by atoms with Gasteiger partial charge in [-0.15, -0.1) is 0 Å². The predicted octanol–water partition coefficient (Wildman–Crippen LogP) is 0.0378. The summed E-state index contributed by atoms with van der Waals surface area (Å²) in [6, 6.07) is 2.02. The molecule has 5 nitrogen and oxygen atoms in total. The minimum Gasteiger partial charge on any atom is -0.494 e. The molecular weight excluding hydrogens is 218 g/mol. The topological polar surface area (TPSA) is 63.2 Å². The van der Waals surface area contributed by atoms with Gasteiger partial charge in [-0.3, -0.25) is 9.78 Å². The Morgan fingerprint density at radius 2 is 2.29 bits per heavy atom. The summed E-state index contributed by atoms with van der Waals surface area (Å²) in [5.41, 5.74) is 0.556. The first-order valence-electron chi connectivity index (χ1n) is 5.81. The molecule has 5 heteroatoms. The summed E-state index contributed by atoms with van der Waals surface area (Å²) in [6.07, 6.45) is 3.16. The molecule has 90 valence electrons. The molecule has 1 aromatic heterocycles. The van der Waals surface area contributed by atoms with E-state index in [1.807, 2.05) is 0 Å². The number of amides is 1. The number of nitrogens with one attached hydrogen (secondary N) is 2. The van der Waals surface area contributed by atoms with Crippen molar-refractivity contribution in [1.82, 2.24) is 15.6 Å². The van der Waals surface area contributed by atoms with Gasteiger partial charge in [-0.2, -0.15) is 0 Å². The Morgan fingerprint density at radius 1 is 1.53 bits per heavy atom. The number of pyridine rings is 1. The first kappa shape index (κ1) is 10.5. The number of carbonyl (C=O) groups excluding carboxylic acids is 1. The number of methoxy groups -OCH3 is 1. The second kappa shape index (κ2) is 4.00. The normalized spacial score (nSPS) is 29.6. The molecule has 1 saturated carbocycles. The van der Waals surface area contributed by atoms with E-state index in [0.717, 1.165) is 13.1 Å². The van der Waals surface area contributed by atoms with E-state index < -0.39 is 0 Å². The molecule has 0 spiro atoms. The van der Waals surface area contributed by atoms with Gasteiger partial charge in [0.05, 0.1) is 18.9 Å². The van der Waals surface area contributed by atoms with Gasteiger partial charge < -0.3 is 15.4 Å². The summed E-state index contributed by atoms with van der Waals surface area (Å²) in [5.74, 6) is 1.69. The molecule has 3 rings (SSSR count). The van der Waals surface area contributed by atoms with E-state index in [1.54, 1.807) is 25.6 Å². The van der Waals surface area contributed by atoms with Crippen LogP contribution in [0.1, 0.15) is 10.4 Å².